The molecular formula is C38H60N4O6. The molecule has 2 heterocycles. The van der Waals surface area contributed by atoms with Crippen molar-refractivity contribution in [3.8, 4) is 11.5 Å². The Bertz CT molecular complexity index is 1210. The summed E-state index contributed by atoms with van der Waals surface area (Å²) in [4.78, 5) is 31.9. The number of phenols is 1. The van der Waals surface area contributed by atoms with E-state index in [0.717, 1.165) is 109 Å². The summed E-state index contributed by atoms with van der Waals surface area (Å²) in [5.41, 5.74) is 2.34. The van der Waals surface area contributed by atoms with E-state index in [4.69, 9.17) is 14.2 Å². The number of likely N-dealkylation sites (N-methyl/N-ethyl adjacent to an activating group) is 2. The van der Waals surface area contributed by atoms with E-state index in [9.17, 15) is 14.7 Å². The van der Waals surface area contributed by atoms with Crippen molar-refractivity contribution in [1.29, 1.82) is 0 Å². The summed E-state index contributed by atoms with van der Waals surface area (Å²) in [5.74, 6) is 2.55. The molecule has 2 aliphatic rings. The summed E-state index contributed by atoms with van der Waals surface area (Å²) in [7, 11) is 7.20. The number of ether oxygens (including phenoxy) is 3. The van der Waals surface area contributed by atoms with Gasteiger partial charge in [-0.05, 0) is 79.3 Å². The lowest BCUT2D eigenvalue weighted by Crippen LogP contribution is -2.40. The maximum absolute atomic E-state index is 12.2. The third-order valence-corrected chi connectivity index (χ3v) is 8.81. The molecule has 2 unspecified atom stereocenters. The molecule has 2 amide bonds. The van der Waals surface area contributed by atoms with E-state index in [1.807, 2.05) is 32.3 Å². The fraction of sp³-hybridized carbons (Fsp3) is 0.632. The Morgan fingerprint density at radius 2 is 1.31 bits per heavy atom. The van der Waals surface area contributed by atoms with Crippen LogP contribution in [0.15, 0.2) is 48.5 Å². The van der Waals surface area contributed by atoms with E-state index in [1.54, 1.807) is 36.0 Å². The summed E-state index contributed by atoms with van der Waals surface area (Å²) in [6.07, 6.45) is 6.11. The van der Waals surface area contributed by atoms with Crippen LogP contribution in [0.5, 0.6) is 11.5 Å². The van der Waals surface area contributed by atoms with Gasteiger partial charge in [-0.1, -0.05) is 37.6 Å². The van der Waals surface area contributed by atoms with E-state index < -0.39 is 0 Å². The molecule has 48 heavy (non-hydrogen) atoms. The first-order chi connectivity index (χ1) is 23.1. The second-order valence-corrected chi connectivity index (χ2v) is 13.5. The lowest BCUT2D eigenvalue weighted by Gasteiger charge is -2.26. The molecule has 10 heteroatoms. The largest absolute Gasteiger partial charge is 0.508 e. The molecule has 0 bridgehead atoms. The van der Waals surface area contributed by atoms with Crippen molar-refractivity contribution in [2.24, 2.45) is 11.8 Å². The summed E-state index contributed by atoms with van der Waals surface area (Å²) < 4.78 is 16.7. The van der Waals surface area contributed by atoms with Gasteiger partial charge in [-0.3, -0.25) is 19.4 Å². The van der Waals surface area contributed by atoms with Gasteiger partial charge < -0.3 is 29.1 Å². The number of hydrogen-bond acceptors (Lipinski definition) is 8. The Morgan fingerprint density at radius 1 is 0.792 bits per heavy atom. The molecule has 10 nitrogen and oxygen atoms in total. The molecule has 268 valence electrons. The van der Waals surface area contributed by atoms with Crippen LogP contribution in [0.2, 0.25) is 0 Å². The van der Waals surface area contributed by atoms with Gasteiger partial charge in [-0.25, -0.2) is 0 Å². The number of aromatic hydroxyl groups is 1. The first kappa shape index (κ1) is 39.3. The van der Waals surface area contributed by atoms with Gasteiger partial charge in [-0.2, -0.15) is 0 Å². The molecule has 2 aromatic carbocycles. The highest BCUT2D eigenvalue weighted by Gasteiger charge is 2.22. The van der Waals surface area contributed by atoms with Crippen LogP contribution in [0.4, 0.5) is 0 Å². The monoisotopic (exact) mass is 668 g/mol. The van der Waals surface area contributed by atoms with E-state index in [-0.39, 0.29) is 17.6 Å². The van der Waals surface area contributed by atoms with Crippen molar-refractivity contribution in [2.75, 3.05) is 100 Å². The molecule has 1 N–H and O–H groups in total. The smallest absolute Gasteiger partial charge is 0.236 e. The fourth-order valence-electron chi connectivity index (χ4n) is 5.73. The Morgan fingerprint density at radius 3 is 1.77 bits per heavy atom. The molecule has 0 aromatic heterocycles. The van der Waals surface area contributed by atoms with Crippen molar-refractivity contribution in [3.63, 3.8) is 0 Å². The molecule has 0 saturated carbocycles. The van der Waals surface area contributed by atoms with E-state index in [0.29, 0.717) is 24.9 Å². The summed E-state index contributed by atoms with van der Waals surface area (Å²) in [6.45, 7) is 10.6. The number of unbranched alkanes of at least 4 members (excludes halogenated alkanes) is 1. The maximum Gasteiger partial charge on any atom is 0.236 e. The predicted octanol–water partition coefficient (Wildman–Crippen LogP) is 4.20. The molecule has 4 rings (SSSR count). The Hall–Kier alpha value is -3.18. The molecule has 2 atom stereocenters. The summed E-state index contributed by atoms with van der Waals surface area (Å²) in [6, 6.07) is 15.6. The number of carbonyl (C=O) groups excluding carboxylic acids is 2. The Balaban J connectivity index is 0.000000264. The lowest BCUT2D eigenvalue weighted by atomic mass is 10.1. The standard InChI is InChI=1S/C21H34N2O3.C17H26N2O3/c1-4-5-12-26-20-8-6-7-18(14-20)9-11-23(16-21(24)22(2)3)15-19-10-13-25-17-19;1-18(2)17(21)12-19(11-15-7-9-22-13-15)8-6-14-4-3-5-16(20)10-14/h6-8,14,19H,4-5,9-13,15-17H2,1-3H3;3-5,10,15,20H,6-9,11-13H2,1-2H3. The minimum Gasteiger partial charge on any atom is -0.508 e. The summed E-state index contributed by atoms with van der Waals surface area (Å²) in [5, 5.41) is 9.54. The minimum absolute atomic E-state index is 0.120. The molecule has 0 aliphatic carbocycles. The van der Waals surface area contributed by atoms with Crippen molar-refractivity contribution in [3.05, 3.63) is 59.7 Å². The molecule has 2 fully saturated rings. The van der Waals surface area contributed by atoms with Crippen LogP contribution in [0.3, 0.4) is 0 Å². The Kier molecular flexibility index (Phi) is 17.8. The van der Waals surface area contributed by atoms with Gasteiger partial charge in [0.05, 0.1) is 32.9 Å². The number of carbonyl (C=O) groups is 2. The number of rotatable bonds is 18. The van der Waals surface area contributed by atoms with Crippen LogP contribution in [-0.2, 0) is 31.9 Å². The zero-order valence-corrected chi connectivity index (χ0v) is 30.1. The van der Waals surface area contributed by atoms with Crippen LogP contribution < -0.4 is 4.74 Å². The van der Waals surface area contributed by atoms with Crippen LogP contribution in [-0.4, -0.2) is 137 Å². The summed E-state index contributed by atoms with van der Waals surface area (Å²) >= 11 is 0. The first-order valence-corrected chi connectivity index (χ1v) is 17.6. The topological polar surface area (TPSA) is 95.0 Å². The zero-order chi connectivity index (χ0) is 34.7. The lowest BCUT2D eigenvalue weighted by molar-refractivity contribution is -0.130. The number of phenolic OH excluding ortho intramolecular Hbond substituents is 1. The highest BCUT2D eigenvalue weighted by molar-refractivity contribution is 5.78. The average Bonchev–Trinajstić information content (AvgIpc) is 3.78. The van der Waals surface area contributed by atoms with Gasteiger partial charge >= 0.3 is 0 Å². The molecule has 2 saturated heterocycles. The van der Waals surface area contributed by atoms with E-state index in [1.165, 1.54) is 5.56 Å². The fourth-order valence-corrected chi connectivity index (χ4v) is 5.73. The first-order valence-electron chi connectivity index (χ1n) is 17.6. The van der Waals surface area contributed by atoms with Crippen LogP contribution in [0.1, 0.15) is 43.7 Å². The van der Waals surface area contributed by atoms with E-state index >= 15 is 0 Å². The van der Waals surface area contributed by atoms with Crippen molar-refractivity contribution in [2.45, 2.75) is 45.4 Å². The quantitative estimate of drug-likeness (QED) is 0.237. The molecule has 0 radical (unpaired) electrons. The van der Waals surface area contributed by atoms with Crippen LogP contribution >= 0.6 is 0 Å². The van der Waals surface area contributed by atoms with E-state index in [2.05, 4.69) is 34.9 Å². The minimum atomic E-state index is 0.120. The van der Waals surface area contributed by atoms with Gasteiger partial charge in [0.25, 0.3) is 0 Å². The number of nitrogens with zero attached hydrogens (tertiary/aromatic N) is 4. The van der Waals surface area contributed by atoms with Gasteiger partial charge in [0.2, 0.25) is 11.8 Å². The molecule has 2 aliphatic heterocycles. The van der Waals surface area contributed by atoms with Crippen molar-refractivity contribution < 1.29 is 28.9 Å². The number of hydrogen-bond donors (Lipinski definition) is 1. The van der Waals surface area contributed by atoms with Gasteiger partial charge in [0.15, 0.2) is 0 Å². The third-order valence-electron chi connectivity index (χ3n) is 8.81. The third kappa shape index (κ3) is 15.4. The van der Waals surface area contributed by atoms with Crippen molar-refractivity contribution >= 4 is 11.8 Å². The van der Waals surface area contributed by atoms with Gasteiger partial charge in [0.1, 0.15) is 11.5 Å². The second-order valence-electron chi connectivity index (χ2n) is 13.5. The SMILES string of the molecule is CCCCOc1cccc(CCN(CC(=O)N(C)C)CC2CCOC2)c1.CN(C)C(=O)CN(CCc1cccc(O)c1)CC1CCOC1. The number of benzene rings is 2. The predicted molar refractivity (Wildman–Crippen MR) is 190 cm³/mol. The molecular weight excluding hydrogens is 608 g/mol. The molecule has 0 spiro atoms. The average molecular weight is 669 g/mol. The normalized spacial score (nSPS) is 17.3. The highest BCUT2D eigenvalue weighted by Crippen LogP contribution is 2.18. The number of amides is 2. The maximum atomic E-state index is 12.2. The van der Waals surface area contributed by atoms with Gasteiger partial charge in [-0.15, -0.1) is 0 Å². The van der Waals surface area contributed by atoms with Crippen molar-refractivity contribution in [1.82, 2.24) is 19.6 Å². The van der Waals surface area contributed by atoms with Crippen LogP contribution in [0.25, 0.3) is 0 Å². The Labute approximate surface area is 288 Å². The van der Waals surface area contributed by atoms with Gasteiger partial charge in [0, 0.05) is 67.6 Å². The second kappa shape index (κ2) is 21.7. The highest BCUT2D eigenvalue weighted by atomic mass is 16.5. The van der Waals surface area contributed by atoms with Crippen LogP contribution in [0, 0.1) is 11.8 Å². The molecule has 2 aromatic rings. The zero-order valence-electron chi connectivity index (χ0n) is 30.1.